The number of carbonyl (C=O) groups excluding carboxylic acids is 1. The molecule has 1 aromatic heterocycles. The summed E-state index contributed by atoms with van der Waals surface area (Å²) in [5, 5.41) is 3.49. The Balaban J connectivity index is 1.45. The molecule has 1 aliphatic rings. The molecule has 9 heteroatoms. The number of nitrogens with one attached hydrogen (secondary N) is 2. The van der Waals surface area contributed by atoms with E-state index in [-0.39, 0.29) is 22.7 Å². The Morgan fingerprint density at radius 3 is 2.38 bits per heavy atom. The Morgan fingerprint density at radius 1 is 1.00 bits per heavy atom. The van der Waals surface area contributed by atoms with Crippen LogP contribution < -0.4 is 14.8 Å². The molecule has 1 aliphatic carbocycles. The third-order valence-corrected chi connectivity index (χ3v) is 6.80. The number of sulfonamides is 1. The van der Waals surface area contributed by atoms with Crippen LogP contribution in [0.4, 0.5) is 5.69 Å². The molecule has 0 atom stereocenters. The van der Waals surface area contributed by atoms with Crippen molar-refractivity contribution in [3.8, 4) is 11.6 Å². The van der Waals surface area contributed by atoms with Gasteiger partial charge >= 0.3 is 0 Å². The predicted molar refractivity (Wildman–Crippen MR) is 123 cm³/mol. The van der Waals surface area contributed by atoms with E-state index in [4.69, 9.17) is 16.3 Å². The Morgan fingerprint density at radius 2 is 1.69 bits per heavy atom. The van der Waals surface area contributed by atoms with E-state index in [9.17, 15) is 13.2 Å². The van der Waals surface area contributed by atoms with Crippen LogP contribution in [0.3, 0.4) is 0 Å². The minimum atomic E-state index is -3.75. The van der Waals surface area contributed by atoms with Crippen molar-refractivity contribution in [1.29, 1.82) is 0 Å². The van der Waals surface area contributed by atoms with Crippen molar-refractivity contribution in [2.45, 2.75) is 36.6 Å². The zero-order valence-corrected chi connectivity index (χ0v) is 18.7. The summed E-state index contributed by atoms with van der Waals surface area (Å²) in [4.78, 5) is 17.0. The smallest absolute Gasteiger partial charge is 0.261 e. The fraction of sp³-hybridized carbons (Fsp3) is 0.217. The predicted octanol–water partition coefficient (Wildman–Crippen LogP) is 5.00. The van der Waals surface area contributed by atoms with Crippen molar-refractivity contribution in [3.05, 3.63) is 77.4 Å². The van der Waals surface area contributed by atoms with Gasteiger partial charge in [-0.15, -0.1) is 0 Å². The highest BCUT2D eigenvalue weighted by Crippen LogP contribution is 2.26. The van der Waals surface area contributed by atoms with Crippen LogP contribution in [-0.4, -0.2) is 25.4 Å². The maximum absolute atomic E-state index is 12.7. The van der Waals surface area contributed by atoms with Gasteiger partial charge < -0.3 is 10.1 Å². The van der Waals surface area contributed by atoms with E-state index < -0.39 is 10.0 Å². The highest BCUT2D eigenvalue weighted by Gasteiger charge is 2.21. The summed E-state index contributed by atoms with van der Waals surface area (Å²) < 4.78 is 33.3. The van der Waals surface area contributed by atoms with Crippen molar-refractivity contribution in [3.63, 3.8) is 0 Å². The van der Waals surface area contributed by atoms with Crippen LogP contribution in [0.5, 0.6) is 11.6 Å². The van der Waals surface area contributed by atoms with Gasteiger partial charge in [-0.05, 0) is 73.5 Å². The van der Waals surface area contributed by atoms with E-state index in [1.807, 2.05) is 0 Å². The maximum Gasteiger partial charge on any atom is 0.261 e. The Kier molecular flexibility index (Phi) is 6.62. The summed E-state index contributed by atoms with van der Waals surface area (Å²) >= 11 is 5.82. The largest absolute Gasteiger partial charge is 0.438 e. The van der Waals surface area contributed by atoms with Gasteiger partial charge in [0.25, 0.3) is 15.9 Å². The van der Waals surface area contributed by atoms with Crippen molar-refractivity contribution in [1.82, 2.24) is 10.3 Å². The third kappa shape index (κ3) is 5.38. The van der Waals surface area contributed by atoms with Crippen molar-refractivity contribution >= 4 is 33.2 Å². The average Bonchev–Trinajstić information content (AvgIpc) is 3.28. The first kappa shape index (κ1) is 22.1. The van der Waals surface area contributed by atoms with Crippen LogP contribution in [0.1, 0.15) is 36.0 Å². The maximum atomic E-state index is 12.7. The summed E-state index contributed by atoms with van der Waals surface area (Å²) in [6.45, 7) is 0. The number of rotatable bonds is 7. The fourth-order valence-corrected chi connectivity index (χ4v) is 4.69. The Labute approximate surface area is 191 Å². The highest BCUT2D eigenvalue weighted by atomic mass is 35.5. The fourth-order valence-electron chi connectivity index (χ4n) is 3.51. The molecule has 4 rings (SSSR count). The van der Waals surface area contributed by atoms with Crippen LogP contribution in [-0.2, 0) is 10.0 Å². The standard InChI is InChI=1S/C23H22ClN3O4S/c24-16-7-13-20(14-8-16)32(29,30)27-18-9-11-19(12-10-18)31-23-21(6-3-15-25-23)22(28)26-17-4-1-2-5-17/h3,6-15,17,27H,1-2,4-5H2,(H,26,28). The molecule has 1 heterocycles. The number of nitrogens with zero attached hydrogens (tertiary/aromatic N) is 1. The van der Waals surface area contributed by atoms with Gasteiger partial charge in [-0.25, -0.2) is 13.4 Å². The van der Waals surface area contributed by atoms with Crippen LogP contribution in [0.2, 0.25) is 5.02 Å². The minimum absolute atomic E-state index is 0.105. The first-order valence-corrected chi connectivity index (χ1v) is 12.1. The van der Waals surface area contributed by atoms with E-state index in [2.05, 4.69) is 15.0 Å². The lowest BCUT2D eigenvalue weighted by atomic mass is 10.2. The number of anilines is 1. The molecular formula is C23H22ClN3O4S. The SMILES string of the molecule is O=C(NC1CCCC1)c1cccnc1Oc1ccc(NS(=O)(=O)c2ccc(Cl)cc2)cc1. The second-order valence-electron chi connectivity index (χ2n) is 7.50. The molecule has 1 saturated carbocycles. The lowest BCUT2D eigenvalue weighted by molar-refractivity contribution is 0.0935. The second-order valence-corrected chi connectivity index (χ2v) is 9.62. The monoisotopic (exact) mass is 471 g/mol. The normalized spacial score (nSPS) is 14.2. The van der Waals surface area contributed by atoms with Gasteiger partial charge in [0, 0.05) is 22.9 Å². The minimum Gasteiger partial charge on any atom is -0.438 e. The second kappa shape index (κ2) is 9.58. The number of hydrogen-bond acceptors (Lipinski definition) is 5. The summed E-state index contributed by atoms with van der Waals surface area (Å²) in [6.07, 6.45) is 5.76. The van der Waals surface area contributed by atoms with Gasteiger partial charge in [-0.2, -0.15) is 0 Å². The van der Waals surface area contributed by atoms with E-state index in [1.165, 1.54) is 24.3 Å². The van der Waals surface area contributed by atoms with Gasteiger partial charge in [-0.3, -0.25) is 9.52 Å². The zero-order chi connectivity index (χ0) is 22.6. The molecule has 2 N–H and O–H groups in total. The molecule has 166 valence electrons. The van der Waals surface area contributed by atoms with Crippen LogP contribution >= 0.6 is 11.6 Å². The van der Waals surface area contributed by atoms with Gasteiger partial charge in [0.15, 0.2) is 0 Å². The number of benzene rings is 2. The van der Waals surface area contributed by atoms with E-state index in [0.29, 0.717) is 22.0 Å². The molecule has 0 aliphatic heterocycles. The van der Waals surface area contributed by atoms with Crippen molar-refractivity contribution < 1.29 is 17.9 Å². The molecule has 7 nitrogen and oxygen atoms in total. The van der Waals surface area contributed by atoms with Crippen LogP contribution in [0.25, 0.3) is 0 Å². The van der Waals surface area contributed by atoms with Gasteiger partial charge in [0.05, 0.1) is 4.90 Å². The van der Waals surface area contributed by atoms with Crippen LogP contribution in [0.15, 0.2) is 71.8 Å². The van der Waals surface area contributed by atoms with Gasteiger partial charge in [0.1, 0.15) is 11.3 Å². The topological polar surface area (TPSA) is 97.4 Å². The molecular weight excluding hydrogens is 450 g/mol. The number of amides is 1. The molecule has 1 amide bonds. The highest BCUT2D eigenvalue weighted by molar-refractivity contribution is 7.92. The quantitative estimate of drug-likeness (QED) is 0.505. The molecule has 0 radical (unpaired) electrons. The molecule has 2 aromatic carbocycles. The number of aromatic nitrogens is 1. The summed E-state index contributed by atoms with van der Waals surface area (Å²) in [5.41, 5.74) is 0.722. The number of ether oxygens (including phenoxy) is 1. The summed E-state index contributed by atoms with van der Waals surface area (Å²) in [6, 6.07) is 15.8. The molecule has 0 saturated heterocycles. The number of hydrogen-bond donors (Lipinski definition) is 2. The summed E-state index contributed by atoms with van der Waals surface area (Å²) in [5.74, 6) is 0.401. The van der Waals surface area contributed by atoms with E-state index >= 15 is 0 Å². The van der Waals surface area contributed by atoms with Gasteiger partial charge in [0.2, 0.25) is 5.88 Å². The Hall–Kier alpha value is -3.10. The first-order valence-electron chi connectivity index (χ1n) is 10.2. The number of halogens is 1. The van der Waals surface area contributed by atoms with E-state index in [1.54, 1.807) is 42.6 Å². The molecule has 3 aromatic rings. The molecule has 0 bridgehead atoms. The third-order valence-electron chi connectivity index (χ3n) is 5.15. The zero-order valence-electron chi connectivity index (χ0n) is 17.1. The Bertz CT molecular complexity index is 1190. The van der Waals surface area contributed by atoms with Gasteiger partial charge in [-0.1, -0.05) is 24.4 Å². The molecule has 0 unspecified atom stereocenters. The van der Waals surface area contributed by atoms with E-state index in [0.717, 1.165) is 25.7 Å². The molecule has 1 fully saturated rings. The summed E-state index contributed by atoms with van der Waals surface area (Å²) in [7, 11) is -3.75. The van der Waals surface area contributed by atoms with Crippen LogP contribution in [0, 0.1) is 0 Å². The van der Waals surface area contributed by atoms with Crippen molar-refractivity contribution in [2.75, 3.05) is 4.72 Å². The first-order chi connectivity index (χ1) is 15.4. The molecule has 32 heavy (non-hydrogen) atoms. The number of pyridine rings is 1. The number of carbonyl (C=O) groups is 1. The lowest BCUT2D eigenvalue weighted by Crippen LogP contribution is -2.32. The lowest BCUT2D eigenvalue weighted by Gasteiger charge is -2.14. The molecule has 0 spiro atoms. The average molecular weight is 472 g/mol. The van der Waals surface area contributed by atoms with Crippen molar-refractivity contribution in [2.24, 2.45) is 0 Å².